The van der Waals surface area contributed by atoms with Crippen molar-refractivity contribution in [1.29, 1.82) is 0 Å². The van der Waals surface area contributed by atoms with Crippen LogP contribution in [0, 0.1) is 5.92 Å². The van der Waals surface area contributed by atoms with Crippen LogP contribution >= 0.6 is 0 Å². The summed E-state index contributed by atoms with van der Waals surface area (Å²) in [6.45, 7) is 3.83. The van der Waals surface area contributed by atoms with Crippen LogP contribution in [0.1, 0.15) is 39.5 Å². The second-order valence-corrected chi connectivity index (χ2v) is 2.94. The van der Waals surface area contributed by atoms with Gasteiger partial charge in [0.25, 0.3) is 0 Å². The number of hydrogen-bond donors (Lipinski definition) is 0. The van der Waals surface area contributed by atoms with E-state index < -0.39 is 0 Å². The van der Waals surface area contributed by atoms with Gasteiger partial charge in [0.15, 0.2) is 0 Å². The van der Waals surface area contributed by atoms with Gasteiger partial charge in [0, 0.05) is 18.8 Å². The molecule has 64 valence electrons. The molecule has 0 spiro atoms. The van der Waals surface area contributed by atoms with Gasteiger partial charge in [-0.1, -0.05) is 13.8 Å². The van der Waals surface area contributed by atoms with E-state index in [0.29, 0.717) is 19.3 Å². The van der Waals surface area contributed by atoms with E-state index in [4.69, 9.17) is 0 Å². The minimum atomic E-state index is 0.0378. The smallest absolute Gasteiger partial charge is 0.132 e. The summed E-state index contributed by atoms with van der Waals surface area (Å²) in [6, 6.07) is 0. The zero-order valence-electron chi connectivity index (χ0n) is 7.30. The Balaban J connectivity index is 3.37. The van der Waals surface area contributed by atoms with E-state index in [1.54, 1.807) is 0 Å². The van der Waals surface area contributed by atoms with Gasteiger partial charge in [-0.2, -0.15) is 0 Å². The Morgan fingerprint density at radius 2 is 2.09 bits per heavy atom. The fourth-order valence-corrected chi connectivity index (χ4v) is 0.861. The SMILES string of the molecule is CCCC(=O)CCC(C)C=O. The third-order valence-electron chi connectivity index (χ3n) is 1.64. The molecule has 11 heavy (non-hydrogen) atoms. The summed E-state index contributed by atoms with van der Waals surface area (Å²) < 4.78 is 0. The van der Waals surface area contributed by atoms with Gasteiger partial charge < -0.3 is 4.79 Å². The molecule has 0 aliphatic heterocycles. The average Bonchev–Trinajstić information content (AvgIpc) is 2.01. The van der Waals surface area contributed by atoms with Crippen LogP contribution in [0.3, 0.4) is 0 Å². The molecule has 1 unspecified atom stereocenters. The highest BCUT2D eigenvalue weighted by molar-refractivity contribution is 5.78. The van der Waals surface area contributed by atoms with Crippen LogP contribution in [0.15, 0.2) is 0 Å². The van der Waals surface area contributed by atoms with E-state index in [0.717, 1.165) is 12.7 Å². The molecular weight excluding hydrogens is 140 g/mol. The Bertz CT molecular complexity index is 130. The number of carbonyl (C=O) groups is 2. The molecular formula is C9H16O2. The van der Waals surface area contributed by atoms with Crippen molar-refractivity contribution in [1.82, 2.24) is 0 Å². The van der Waals surface area contributed by atoms with E-state index in [2.05, 4.69) is 0 Å². The Kier molecular flexibility index (Phi) is 5.71. The maximum atomic E-state index is 10.9. The first-order valence-corrected chi connectivity index (χ1v) is 4.17. The molecule has 0 rings (SSSR count). The molecule has 2 nitrogen and oxygen atoms in total. The summed E-state index contributed by atoms with van der Waals surface area (Å²) in [6.07, 6.45) is 3.75. The number of aldehydes is 1. The monoisotopic (exact) mass is 156 g/mol. The van der Waals surface area contributed by atoms with Crippen molar-refractivity contribution in [3.05, 3.63) is 0 Å². The molecule has 2 heteroatoms. The number of rotatable bonds is 6. The lowest BCUT2D eigenvalue weighted by Gasteiger charge is -2.00. The van der Waals surface area contributed by atoms with E-state index >= 15 is 0 Å². The summed E-state index contributed by atoms with van der Waals surface area (Å²) >= 11 is 0. The Morgan fingerprint density at radius 3 is 2.55 bits per heavy atom. The third kappa shape index (κ3) is 5.77. The highest BCUT2D eigenvalue weighted by Crippen LogP contribution is 2.04. The first-order chi connectivity index (χ1) is 5.20. The van der Waals surface area contributed by atoms with Gasteiger partial charge >= 0.3 is 0 Å². The predicted octanol–water partition coefficient (Wildman–Crippen LogP) is 1.97. The van der Waals surface area contributed by atoms with Gasteiger partial charge in [0.2, 0.25) is 0 Å². The molecule has 0 saturated heterocycles. The average molecular weight is 156 g/mol. The van der Waals surface area contributed by atoms with Crippen molar-refractivity contribution >= 4 is 12.1 Å². The molecule has 0 fully saturated rings. The minimum Gasteiger partial charge on any atom is -0.303 e. The summed E-state index contributed by atoms with van der Waals surface area (Å²) in [5.74, 6) is 0.317. The van der Waals surface area contributed by atoms with Crippen LogP contribution in [0.2, 0.25) is 0 Å². The van der Waals surface area contributed by atoms with Gasteiger partial charge in [-0.25, -0.2) is 0 Å². The molecule has 0 aromatic rings. The summed E-state index contributed by atoms with van der Waals surface area (Å²) in [4.78, 5) is 21.1. The molecule has 0 saturated carbocycles. The molecule has 0 heterocycles. The van der Waals surface area contributed by atoms with E-state index in [9.17, 15) is 9.59 Å². The Hall–Kier alpha value is -0.660. The van der Waals surface area contributed by atoms with Crippen LogP contribution in [0.25, 0.3) is 0 Å². The van der Waals surface area contributed by atoms with Crippen LogP contribution in [0.4, 0.5) is 0 Å². The quantitative estimate of drug-likeness (QED) is 0.551. The van der Waals surface area contributed by atoms with E-state index in [1.807, 2.05) is 13.8 Å². The van der Waals surface area contributed by atoms with Crippen molar-refractivity contribution in [3.8, 4) is 0 Å². The molecule has 1 atom stereocenters. The molecule has 0 aliphatic rings. The number of hydrogen-bond acceptors (Lipinski definition) is 2. The first-order valence-electron chi connectivity index (χ1n) is 4.17. The van der Waals surface area contributed by atoms with Crippen molar-refractivity contribution in [2.75, 3.05) is 0 Å². The van der Waals surface area contributed by atoms with Crippen LogP contribution in [0.5, 0.6) is 0 Å². The maximum Gasteiger partial charge on any atom is 0.132 e. The number of ketones is 1. The zero-order chi connectivity index (χ0) is 8.69. The van der Waals surface area contributed by atoms with E-state index in [-0.39, 0.29) is 11.7 Å². The lowest BCUT2D eigenvalue weighted by Crippen LogP contribution is -2.02. The second kappa shape index (κ2) is 6.08. The van der Waals surface area contributed by atoms with Crippen molar-refractivity contribution in [2.24, 2.45) is 5.92 Å². The highest BCUT2D eigenvalue weighted by atomic mass is 16.1. The third-order valence-corrected chi connectivity index (χ3v) is 1.64. The molecule has 0 amide bonds. The normalized spacial score (nSPS) is 12.5. The standard InChI is InChI=1S/C9H16O2/c1-3-4-9(11)6-5-8(2)7-10/h7-8H,3-6H2,1-2H3. The second-order valence-electron chi connectivity index (χ2n) is 2.94. The summed E-state index contributed by atoms with van der Waals surface area (Å²) in [7, 11) is 0. The highest BCUT2D eigenvalue weighted by Gasteiger charge is 2.04. The minimum absolute atomic E-state index is 0.0378. The van der Waals surface area contributed by atoms with Crippen LogP contribution < -0.4 is 0 Å². The zero-order valence-corrected chi connectivity index (χ0v) is 7.30. The topological polar surface area (TPSA) is 34.1 Å². The molecule has 0 aromatic heterocycles. The fourth-order valence-electron chi connectivity index (χ4n) is 0.861. The molecule has 0 bridgehead atoms. The Morgan fingerprint density at radius 1 is 1.45 bits per heavy atom. The fraction of sp³-hybridized carbons (Fsp3) is 0.778. The molecule has 0 radical (unpaired) electrons. The van der Waals surface area contributed by atoms with Gasteiger partial charge in [-0.05, 0) is 12.8 Å². The predicted molar refractivity (Wildman–Crippen MR) is 44.4 cm³/mol. The molecule has 0 aliphatic carbocycles. The largest absolute Gasteiger partial charge is 0.303 e. The van der Waals surface area contributed by atoms with Crippen LogP contribution in [-0.2, 0) is 9.59 Å². The first kappa shape index (κ1) is 10.3. The lowest BCUT2D eigenvalue weighted by molar-refractivity contribution is -0.119. The summed E-state index contributed by atoms with van der Waals surface area (Å²) in [5, 5.41) is 0. The van der Waals surface area contributed by atoms with Gasteiger partial charge in [0.1, 0.15) is 12.1 Å². The summed E-state index contributed by atoms with van der Waals surface area (Å²) in [5.41, 5.74) is 0. The molecule has 0 N–H and O–H groups in total. The van der Waals surface area contributed by atoms with Crippen LogP contribution in [-0.4, -0.2) is 12.1 Å². The maximum absolute atomic E-state index is 10.9. The van der Waals surface area contributed by atoms with Gasteiger partial charge in [-0.15, -0.1) is 0 Å². The lowest BCUT2D eigenvalue weighted by atomic mass is 10.0. The van der Waals surface area contributed by atoms with Crippen molar-refractivity contribution in [3.63, 3.8) is 0 Å². The van der Waals surface area contributed by atoms with Gasteiger partial charge in [-0.3, -0.25) is 4.79 Å². The van der Waals surface area contributed by atoms with Crippen molar-refractivity contribution in [2.45, 2.75) is 39.5 Å². The van der Waals surface area contributed by atoms with E-state index in [1.165, 1.54) is 0 Å². The number of carbonyl (C=O) groups excluding carboxylic acids is 2. The Labute approximate surface area is 68.0 Å². The number of Topliss-reactive ketones (excluding diaryl/α,β-unsaturated/α-hetero) is 1. The molecule has 0 aromatic carbocycles. The van der Waals surface area contributed by atoms with Gasteiger partial charge in [0.05, 0.1) is 0 Å². The van der Waals surface area contributed by atoms with Crippen molar-refractivity contribution < 1.29 is 9.59 Å².